The lowest BCUT2D eigenvalue weighted by Gasteiger charge is -2.23. The summed E-state index contributed by atoms with van der Waals surface area (Å²) in [7, 11) is 1.92. The molecule has 0 aliphatic carbocycles. The molecule has 1 aromatic carbocycles. The summed E-state index contributed by atoms with van der Waals surface area (Å²) in [5.74, 6) is 0. The SMILES string of the molecule is Cn1ccc(CN(CCC(N)=S)c2ccccc2)n1. The fraction of sp³-hybridized carbons (Fsp3) is 0.286. The number of benzene rings is 1. The summed E-state index contributed by atoms with van der Waals surface area (Å²) >= 11 is 4.96. The van der Waals surface area contributed by atoms with Gasteiger partial charge in [-0.1, -0.05) is 30.4 Å². The maximum atomic E-state index is 5.60. The number of nitrogens with zero attached hydrogens (tertiary/aromatic N) is 3. The Hall–Kier alpha value is -1.88. The molecule has 1 aromatic heterocycles. The normalized spacial score (nSPS) is 10.4. The van der Waals surface area contributed by atoms with Gasteiger partial charge in [-0.2, -0.15) is 5.10 Å². The highest BCUT2D eigenvalue weighted by Gasteiger charge is 2.09. The topological polar surface area (TPSA) is 47.1 Å². The van der Waals surface area contributed by atoms with Crippen molar-refractivity contribution in [2.45, 2.75) is 13.0 Å². The summed E-state index contributed by atoms with van der Waals surface area (Å²) < 4.78 is 1.81. The molecule has 1 heterocycles. The van der Waals surface area contributed by atoms with Crippen molar-refractivity contribution in [2.75, 3.05) is 11.4 Å². The second-order valence-electron chi connectivity index (χ2n) is 4.45. The Morgan fingerprint density at radius 2 is 2.05 bits per heavy atom. The minimum atomic E-state index is 0.543. The van der Waals surface area contributed by atoms with Gasteiger partial charge in [0.25, 0.3) is 0 Å². The molecule has 4 nitrogen and oxygen atoms in total. The standard InChI is InChI=1S/C14H18N4S/c1-17-9-7-12(16-17)11-18(10-8-14(15)19)13-5-3-2-4-6-13/h2-7,9H,8,10-11H2,1H3,(H2,15,19). The van der Waals surface area contributed by atoms with E-state index in [9.17, 15) is 0 Å². The van der Waals surface area contributed by atoms with E-state index in [2.05, 4.69) is 22.1 Å². The van der Waals surface area contributed by atoms with Crippen molar-refractivity contribution < 1.29 is 0 Å². The molecule has 0 bridgehead atoms. The number of aromatic nitrogens is 2. The van der Waals surface area contributed by atoms with Crippen molar-refractivity contribution in [3.8, 4) is 0 Å². The summed E-state index contributed by atoms with van der Waals surface area (Å²) in [6.07, 6.45) is 2.66. The van der Waals surface area contributed by atoms with Gasteiger partial charge in [0.05, 0.1) is 17.2 Å². The molecule has 0 amide bonds. The Morgan fingerprint density at radius 3 is 2.63 bits per heavy atom. The van der Waals surface area contributed by atoms with E-state index in [1.54, 1.807) is 0 Å². The fourth-order valence-electron chi connectivity index (χ4n) is 1.93. The number of hydrogen-bond acceptors (Lipinski definition) is 3. The van der Waals surface area contributed by atoms with Gasteiger partial charge in [-0.05, 0) is 18.2 Å². The minimum absolute atomic E-state index is 0.543. The van der Waals surface area contributed by atoms with Crippen molar-refractivity contribution in [2.24, 2.45) is 12.8 Å². The molecular weight excluding hydrogens is 256 g/mol. The van der Waals surface area contributed by atoms with E-state index in [1.165, 1.54) is 0 Å². The van der Waals surface area contributed by atoms with Crippen LogP contribution < -0.4 is 10.6 Å². The zero-order valence-corrected chi connectivity index (χ0v) is 11.8. The number of aryl methyl sites for hydroxylation is 1. The highest BCUT2D eigenvalue weighted by molar-refractivity contribution is 7.80. The van der Waals surface area contributed by atoms with Crippen LogP contribution in [0.25, 0.3) is 0 Å². The maximum absolute atomic E-state index is 5.60. The number of thiocarbonyl (C=S) groups is 1. The van der Waals surface area contributed by atoms with Crippen LogP contribution in [0.15, 0.2) is 42.6 Å². The first-order valence-electron chi connectivity index (χ1n) is 6.22. The molecule has 0 spiro atoms. The van der Waals surface area contributed by atoms with Crippen molar-refractivity contribution in [1.82, 2.24) is 9.78 Å². The molecule has 2 aromatic rings. The Kier molecular flexibility index (Phi) is 4.52. The van der Waals surface area contributed by atoms with E-state index in [1.807, 2.05) is 42.2 Å². The average Bonchev–Trinajstić information content (AvgIpc) is 2.81. The number of anilines is 1. The molecule has 0 unspecified atom stereocenters. The molecule has 0 radical (unpaired) electrons. The van der Waals surface area contributed by atoms with E-state index in [0.29, 0.717) is 11.4 Å². The Morgan fingerprint density at radius 1 is 1.32 bits per heavy atom. The lowest BCUT2D eigenvalue weighted by atomic mass is 10.2. The third kappa shape index (κ3) is 4.06. The van der Waals surface area contributed by atoms with Gasteiger partial charge in [0.1, 0.15) is 0 Å². The zero-order chi connectivity index (χ0) is 13.7. The van der Waals surface area contributed by atoms with Crippen LogP contribution in [-0.2, 0) is 13.6 Å². The summed E-state index contributed by atoms with van der Waals surface area (Å²) in [5, 5.41) is 4.41. The molecule has 2 N–H and O–H groups in total. The molecule has 2 rings (SSSR count). The molecule has 0 atom stereocenters. The third-order valence-corrected chi connectivity index (χ3v) is 3.08. The van der Waals surface area contributed by atoms with Gasteiger partial charge < -0.3 is 10.6 Å². The van der Waals surface area contributed by atoms with Crippen LogP contribution in [0.2, 0.25) is 0 Å². The monoisotopic (exact) mass is 274 g/mol. The number of hydrogen-bond donors (Lipinski definition) is 1. The zero-order valence-electron chi connectivity index (χ0n) is 11.0. The molecule has 100 valence electrons. The summed E-state index contributed by atoms with van der Waals surface area (Å²) in [6.45, 7) is 1.56. The highest BCUT2D eigenvalue weighted by atomic mass is 32.1. The van der Waals surface area contributed by atoms with Crippen molar-refractivity contribution in [3.05, 3.63) is 48.3 Å². The summed E-state index contributed by atoms with van der Waals surface area (Å²) in [6, 6.07) is 12.3. The number of para-hydroxylation sites is 1. The first-order valence-corrected chi connectivity index (χ1v) is 6.63. The van der Waals surface area contributed by atoms with Crippen LogP contribution in [-0.4, -0.2) is 21.3 Å². The van der Waals surface area contributed by atoms with Gasteiger partial charge in [0, 0.05) is 31.9 Å². The van der Waals surface area contributed by atoms with Crippen LogP contribution in [0.5, 0.6) is 0 Å². The van der Waals surface area contributed by atoms with E-state index in [0.717, 1.165) is 24.5 Å². The predicted octanol–water partition coefficient (Wildman–Crippen LogP) is 2.10. The maximum Gasteiger partial charge on any atom is 0.0817 e. The molecule has 0 saturated carbocycles. The minimum Gasteiger partial charge on any atom is -0.393 e. The van der Waals surface area contributed by atoms with Gasteiger partial charge >= 0.3 is 0 Å². The number of nitrogens with two attached hydrogens (primary N) is 1. The van der Waals surface area contributed by atoms with E-state index < -0.39 is 0 Å². The van der Waals surface area contributed by atoms with Gasteiger partial charge in [-0.25, -0.2) is 0 Å². The second-order valence-corrected chi connectivity index (χ2v) is 4.98. The quantitative estimate of drug-likeness (QED) is 0.820. The summed E-state index contributed by atoms with van der Waals surface area (Å²) in [5.41, 5.74) is 7.79. The van der Waals surface area contributed by atoms with Crippen LogP contribution >= 0.6 is 12.2 Å². The molecule has 0 aliphatic rings. The van der Waals surface area contributed by atoms with E-state index in [4.69, 9.17) is 18.0 Å². The molecule has 5 heteroatoms. The first kappa shape index (κ1) is 13.5. The largest absolute Gasteiger partial charge is 0.393 e. The van der Waals surface area contributed by atoms with Crippen LogP contribution in [0.4, 0.5) is 5.69 Å². The molecule has 0 aliphatic heterocycles. The predicted molar refractivity (Wildman–Crippen MR) is 82.1 cm³/mol. The summed E-state index contributed by atoms with van der Waals surface area (Å²) in [4.78, 5) is 2.78. The highest BCUT2D eigenvalue weighted by Crippen LogP contribution is 2.16. The third-order valence-electron chi connectivity index (χ3n) is 2.87. The smallest absolute Gasteiger partial charge is 0.0817 e. The molecule has 0 fully saturated rings. The van der Waals surface area contributed by atoms with Gasteiger partial charge in [0.2, 0.25) is 0 Å². The molecular formula is C14H18N4S. The molecule has 19 heavy (non-hydrogen) atoms. The van der Waals surface area contributed by atoms with Crippen LogP contribution in [0, 0.1) is 0 Å². The Bertz CT molecular complexity index is 535. The van der Waals surface area contributed by atoms with Crippen molar-refractivity contribution in [3.63, 3.8) is 0 Å². The van der Waals surface area contributed by atoms with Crippen LogP contribution in [0.1, 0.15) is 12.1 Å². The Balaban J connectivity index is 2.12. The van der Waals surface area contributed by atoms with Gasteiger partial charge in [-0.3, -0.25) is 4.68 Å². The lowest BCUT2D eigenvalue weighted by Crippen LogP contribution is -2.27. The lowest BCUT2D eigenvalue weighted by molar-refractivity contribution is 0.718. The Labute approximate surface area is 118 Å². The first-order chi connectivity index (χ1) is 9.15. The fourth-order valence-corrected chi connectivity index (χ4v) is 2.02. The van der Waals surface area contributed by atoms with Crippen LogP contribution in [0.3, 0.4) is 0 Å². The van der Waals surface area contributed by atoms with E-state index in [-0.39, 0.29) is 0 Å². The van der Waals surface area contributed by atoms with E-state index >= 15 is 0 Å². The van der Waals surface area contributed by atoms with Crippen molar-refractivity contribution >= 4 is 22.9 Å². The average molecular weight is 274 g/mol. The van der Waals surface area contributed by atoms with Gasteiger partial charge in [-0.15, -0.1) is 0 Å². The second kappa shape index (κ2) is 6.33. The number of rotatable bonds is 6. The molecule has 0 saturated heterocycles. The van der Waals surface area contributed by atoms with Gasteiger partial charge in [0.15, 0.2) is 0 Å². The van der Waals surface area contributed by atoms with Crippen molar-refractivity contribution in [1.29, 1.82) is 0 Å².